The number of rotatable bonds is 3. The number of hydrogen-bond donors (Lipinski definition) is 2. The SMILES string of the molecule is Cc1[nH]n(CCO)c(=O)c1C=C1C=Nc2ccccc21. The monoisotopic (exact) mass is 269 g/mol. The van der Waals surface area contributed by atoms with E-state index in [1.165, 1.54) is 4.68 Å². The van der Waals surface area contributed by atoms with Gasteiger partial charge in [-0.25, -0.2) is 0 Å². The van der Waals surface area contributed by atoms with E-state index in [1.807, 2.05) is 37.3 Å². The van der Waals surface area contributed by atoms with E-state index in [2.05, 4.69) is 10.1 Å². The molecule has 0 amide bonds. The Morgan fingerprint density at radius 1 is 1.40 bits per heavy atom. The number of nitrogens with zero attached hydrogens (tertiary/aromatic N) is 2. The third kappa shape index (κ3) is 2.02. The summed E-state index contributed by atoms with van der Waals surface area (Å²) in [5.74, 6) is 0. The molecular formula is C15H15N3O2. The molecule has 0 bridgehead atoms. The van der Waals surface area contributed by atoms with Crippen molar-refractivity contribution in [2.75, 3.05) is 6.61 Å². The van der Waals surface area contributed by atoms with E-state index in [0.717, 1.165) is 22.5 Å². The molecule has 0 spiro atoms. The first kappa shape index (κ1) is 12.6. The van der Waals surface area contributed by atoms with E-state index in [1.54, 1.807) is 6.21 Å². The molecule has 0 atom stereocenters. The van der Waals surface area contributed by atoms with Crippen molar-refractivity contribution in [3.05, 3.63) is 51.4 Å². The third-order valence-electron chi connectivity index (χ3n) is 3.36. The zero-order chi connectivity index (χ0) is 14.1. The second kappa shape index (κ2) is 4.94. The van der Waals surface area contributed by atoms with Crippen LogP contribution in [0.1, 0.15) is 16.8 Å². The highest BCUT2D eigenvalue weighted by Crippen LogP contribution is 2.31. The molecule has 1 aliphatic heterocycles. The van der Waals surface area contributed by atoms with Gasteiger partial charge in [0, 0.05) is 23.0 Å². The predicted molar refractivity (Wildman–Crippen MR) is 79.3 cm³/mol. The number of allylic oxidation sites excluding steroid dienone is 1. The summed E-state index contributed by atoms with van der Waals surface area (Å²) in [6, 6.07) is 7.83. The van der Waals surface area contributed by atoms with Crippen LogP contribution in [-0.2, 0) is 6.54 Å². The van der Waals surface area contributed by atoms with E-state index in [9.17, 15) is 4.79 Å². The fraction of sp³-hybridized carbons (Fsp3) is 0.200. The zero-order valence-corrected chi connectivity index (χ0v) is 11.1. The first-order valence-corrected chi connectivity index (χ1v) is 6.46. The summed E-state index contributed by atoms with van der Waals surface area (Å²) >= 11 is 0. The van der Waals surface area contributed by atoms with Crippen molar-refractivity contribution < 1.29 is 5.11 Å². The van der Waals surface area contributed by atoms with Gasteiger partial charge in [-0.3, -0.25) is 19.6 Å². The van der Waals surface area contributed by atoms with Crippen molar-refractivity contribution in [1.82, 2.24) is 9.78 Å². The lowest BCUT2D eigenvalue weighted by Crippen LogP contribution is -2.19. The summed E-state index contributed by atoms with van der Waals surface area (Å²) in [5.41, 5.74) is 4.15. The number of fused-ring (bicyclic) bond motifs is 1. The fourth-order valence-electron chi connectivity index (χ4n) is 2.36. The minimum atomic E-state index is -0.123. The topological polar surface area (TPSA) is 70.4 Å². The lowest BCUT2D eigenvalue weighted by atomic mass is 10.0. The van der Waals surface area contributed by atoms with Crippen molar-refractivity contribution in [1.29, 1.82) is 0 Å². The summed E-state index contributed by atoms with van der Waals surface area (Å²) in [5, 5.41) is 11.9. The molecule has 2 heterocycles. The number of aliphatic hydroxyl groups excluding tert-OH is 1. The first-order chi connectivity index (χ1) is 9.70. The Hall–Kier alpha value is -2.40. The number of nitrogens with one attached hydrogen (secondary N) is 1. The van der Waals surface area contributed by atoms with Gasteiger partial charge in [0.1, 0.15) is 0 Å². The van der Waals surface area contributed by atoms with Gasteiger partial charge in [-0.15, -0.1) is 0 Å². The maximum absolute atomic E-state index is 12.2. The van der Waals surface area contributed by atoms with Crippen LogP contribution in [0.15, 0.2) is 34.1 Å². The second-order valence-corrected chi connectivity index (χ2v) is 4.71. The van der Waals surface area contributed by atoms with Gasteiger partial charge in [0.2, 0.25) is 0 Å². The van der Waals surface area contributed by atoms with Crippen LogP contribution >= 0.6 is 0 Å². The summed E-state index contributed by atoms with van der Waals surface area (Å²) in [4.78, 5) is 16.5. The molecule has 0 aliphatic carbocycles. The summed E-state index contributed by atoms with van der Waals surface area (Å²) < 4.78 is 1.42. The number of aryl methyl sites for hydroxylation is 1. The van der Waals surface area contributed by atoms with Gasteiger partial charge in [-0.1, -0.05) is 18.2 Å². The largest absolute Gasteiger partial charge is 0.394 e. The van der Waals surface area contributed by atoms with Crippen molar-refractivity contribution in [2.24, 2.45) is 4.99 Å². The van der Waals surface area contributed by atoms with E-state index < -0.39 is 0 Å². The van der Waals surface area contributed by atoms with Gasteiger partial charge in [0.05, 0.1) is 24.4 Å². The van der Waals surface area contributed by atoms with E-state index in [4.69, 9.17) is 5.11 Å². The minimum absolute atomic E-state index is 0.0693. The van der Waals surface area contributed by atoms with E-state index in [0.29, 0.717) is 5.56 Å². The van der Waals surface area contributed by atoms with Gasteiger partial charge >= 0.3 is 0 Å². The summed E-state index contributed by atoms with van der Waals surface area (Å²) in [6.07, 6.45) is 3.62. The molecule has 0 saturated carbocycles. The Morgan fingerprint density at radius 3 is 3.00 bits per heavy atom. The van der Waals surface area contributed by atoms with Gasteiger partial charge in [-0.05, 0) is 19.1 Å². The summed E-state index contributed by atoms with van der Waals surface area (Å²) in [6.45, 7) is 2.05. The number of aromatic amines is 1. The van der Waals surface area contributed by atoms with Crippen molar-refractivity contribution in [3.8, 4) is 0 Å². The molecule has 0 fully saturated rings. The second-order valence-electron chi connectivity index (χ2n) is 4.71. The van der Waals surface area contributed by atoms with Crippen LogP contribution in [0.4, 0.5) is 5.69 Å². The Kier molecular flexibility index (Phi) is 3.12. The minimum Gasteiger partial charge on any atom is -0.394 e. The molecule has 1 aromatic carbocycles. The van der Waals surface area contributed by atoms with Crippen LogP contribution in [0.25, 0.3) is 11.6 Å². The number of para-hydroxylation sites is 1. The average Bonchev–Trinajstić information content (AvgIpc) is 2.97. The van der Waals surface area contributed by atoms with Crippen LogP contribution in [0.3, 0.4) is 0 Å². The Morgan fingerprint density at radius 2 is 2.20 bits per heavy atom. The lowest BCUT2D eigenvalue weighted by molar-refractivity contribution is 0.267. The van der Waals surface area contributed by atoms with Crippen LogP contribution in [0, 0.1) is 6.92 Å². The molecule has 0 saturated heterocycles. The normalized spacial score (nSPS) is 15.0. The fourth-order valence-corrected chi connectivity index (χ4v) is 2.36. The maximum atomic E-state index is 12.2. The number of aliphatic imine (C=N–C) groups is 1. The molecule has 0 radical (unpaired) electrons. The number of H-pyrrole nitrogens is 1. The lowest BCUT2D eigenvalue weighted by Gasteiger charge is -1.98. The number of benzene rings is 1. The molecule has 0 unspecified atom stereocenters. The van der Waals surface area contributed by atoms with Crippen molar-refractivity contribution >= 4 is 23.6 Å². The van der Waals surface area contributed by atoms with Crippen LogP contribution in [-0.4, -0.2) is 27.7 Å². The Bertz CT molecular complexity index is 766. The highest BCUT2D eigenvalue weighted by Gasteiger charge is 2.14. The zero-order valence-electron chi connectivity index (χ0n) is 11.1. The highest BCUT2D eigenvalue weighted by molar-refractivity contribution is 6.21. The number of aliphatic hydroxyl groups is 1. The molecule has 102 valence electrons. The molecule has 1 aromatic heterocycles. The van der Waals surface area contributed by atoms with Gasteiger partial charge < -0.3 is 5.11 Å². The molecule has 5 nitrogen and oxygen atoms in total. The van der Waals surface area contributed by atoms with Crippen molar-refractivity contribution in [2.45, 2.75) is 13.5 Å². The van der Waals surface area contributed by atoms with E-state index in [-0.39, 0.29) is 18.7 Å². The molecular weight excluding hydrogens is 254 g/mol. The molecule has 2 aromatic rings. The molecule has 20 heavy (non-hydrogen) atoms. The Balaban J connectivity index is 2.07. The van der Waals surface area contributed by atoms with Gasteiger partial charge in [0.15, 0.2) is 0 Å². The maximum Gasteiger partial charge on any atom is 0.274 e. The third-order valence-corrected chi connectivity index (χ3v) is 3.36. The van der Waals surface area contributed by atoms with Crippen LogP contribution in [0.2, 0.25) is 0 Å². The highest BCUT2D eigenvalue weighted by atomic mass is 16.3. The van der Waals surface area contributed by atoms with E-state index >= 15 is 0 Å². The summed E-state index contributed by atoms with van der Waals surface area (Å²) in [7, 11) is 0. The molecule has 5 heteroatoms. The van der Waals surface area contributed by atoms with Crippen molar-refractivity contribution in [3.63, 3.8) is 0 Å². The standard InChI is InChI=1S/C15H15N3O2/c1-10-13(15(20)18(17-10)6-7-19)8-11-9-16-14-5-3-2-4-12(11)14/h2-5,8-9,17,19H,6-7H2,1H3. The first-order valence-electron chi connectivity index (χ1n) is 6.46. The predicted octanol–water partition coefficient (Wildman–Crippen LogP) is 1.73. The number of aromatic nitrogens is 2. The smallest absolute Gasteiger partial charge is 0.274 e. The Labute approximate surface area is 115 Å². The number of hydrogen-bond acceptors (Lipinski definition) is 3. The quantitative estimate of drug-likeness (QED) is 0.891. The molecule has 2 N–H and O–H groups in total. The van der Waals surface area contributed by atoms with Crippen LogP contribution < -0.4 is 5.56 Å². The van der Waals surface area contributed by atoms with Gasteiger partial charge in [-0.2, -0.15) is 0 Å². The average molecular weight is 269 g/mol. The van der Waals surface area contributed by atoms with Gasteiger partial charge in [0.25, 0.3) is 5.56 Å². The molecule has 3 rings (SSSR count). The molecule has 1 aliphatic rings. The van der Waals surface area contributed by atoms with Crippen LogP contribution in [0.5, 0.6) is 0 Å².